The largest absolute Gasteiger partial charge is 0.396 e. The van der Waals surface area contributed by atoms with Crippen LogP contribution in [0.1, 0.15) is 6.42 Å². The number of ether oxygens (including phenoxy) is 1. The fraction of sp³-hybridized carbons (Fsp3) is 0.667. The number of aliphatic hydroxyl groups is 1. The topological polar surface area (TPSA) is 92.2 Å². The van der Waals surface area contributed by atoms with E-state index < -0.39 is 0 Å². The number of hydrogen-bond acceptors (Lipinski definition) is 7. The number of rotatable bonds is 7. The molecule has 0 aliphatic rings. The zero-order valence-corrected chi connectivity index (χ0v) is 10.5. The van der Waals surface area contributed by atoms with E-state index in [9.17, 15) is 0 Å². The average molecular weight is 262 g/mol. The van der Waals surface area contributed by atoms with Gasteiger partial charge < -0.3 is 20.5 Å². The van der Waals surface area contributed by atoms with Crippen molar-refractivity contribution in [1.82, 2.24) is 15.0 Å². The number of aromatic nitrogens is 3. The lowest BCUT2D eigenvalue weighted by Gasteiger charge is -2.16. The molecular weight excluding hydrogens is 246 g/mol. The lowest BCUT2D eigenvalue weighted by atomic mass is 10.2. The molecule has 0 spiro atoms. The second-order valence-corrected chi connectivity index (χ2v) is 3.65. The first kappa shape index (κ1) is 13.9. The molecule has 1 aromatic rings. The molecule has 0 aromatic carbocycles. The first-order chi connectivity index (χ1) is 8.19. The minimum Gasteiger partial charge on any atom is -0.396 e. The third kappa shape index (κ3) is 4.68. The van der Waals surface area contributed by atoms with Crippen molar-refractivity contribution in [2.45, 2.75) is 12.5 Å². The average Bonchev–Trinajstić information content (AvgIpc) is 2.29. The van der Waals surface area contributed by atoms with Crippen LogP contribution in [0, 0.1) is 0 Å². The van der Waals surface area contributed by atoms with E-state index >= 15 is 0 Å². The Morgan fingerprint density at radius 2 is 2.06 bits per heavy atom. The summed E-state index contributed by atoms with van der Waals surface area (Å²) in [6, 6.07) is -0.0758. The normalized spacial score (nSPS) is 12.2. The van der Waals surface area contributed by atoms with E-state index in [1.165, 1.54) is 0 Å². The van der Waals surface area contributed by atoms with Gasteiger partial charge in [0.1, 0.15) is 0 Å². The Bertz CT molecular complexity index is 346. The highest BCUT2D eigenvalue weighted by Crippen LogP contribution is 2.10. The maximum Gasteiger partial charge on any atom is 0.229 e. The Hall–Kier alpha value is -1.18. The van der Waals surface area contributed by atoms with E-state index in [1.54, 1.807) is 14.2 Å². The van der Waals surface area contributed by atoms with Crippen molar-refractivity contribution in [2.75, 3.05) is 38.0 Å². The number of nitrogens with zero attached hydrogens (tertiary/aromatic N) is 3. The third-order valence-electron chi connectivity index (χ3n) is 2.01. The van der Waals surface area contributed by atoms with E-state index in [1.807, 2.05) is 0 Å². The summed E-state index contributed by atoms with van der Waals surface area (Å²) in [5.74, 6) is 0.734. The molecule has 1 heterocycles. The van der Waals surface area contributed by atoms with E-state index in [0.717, 1.165) is 0 Å². The van der Waals surface area contributed by atoms with Gasteiger partial charge in [-0.05, 0) is 18.0 Å². The molecular formula is C9H16ClN5O2. The number of anilines is 2. The first-order valence-electron chi connectivity index (χ1n) is 5.15. The quantitative estimate of drug-likeness (QED) is 0.653. The molecule has 0 saturated heterocycles. The molecule has 1 rings (SSSR count). The summed E-state index contributed by atoms with van der Waals surface area (Å²) in [4.78, 5) is 11.9. The fourth-order valence-electron chi connectivity index (χ4n) is 1.26. The van der Waals surface area contributed by atoms with Gasteiger partial charge in [0.2, 0.25) is 17.2 Å². The van der Waals surface area contributed by atoms with Crippen LogP contribution < -0.4 is 10.6 Å². The number of nitrogens with one attached hydrogen (secondary N) is 2. The van der Waals surface area contributed by atoms with E-state index in [-0.39, 0.29) is 17.9 Å². The van der Waals surface area contributed by atoms with E-state index in [4.69, 9.17) is 21.4 Å². The molecule has 1 aromatic heterocycles. The minimum atomic E-state index is -0.0758. The van der Waals surface area contributed by atoms with Crippen LogP contribution in [0.5, 0.6) is 0 Å². The Morgan fingerprint density at radius 1 is 1.35 bits per heavy atom. The molecule has 0 bridgehead atoms. The van der Waals surface area contributed by atoms with Gasteiger partial charge in [0.15, 0.2) is 0 Å². The predicted octanol–water partition coefficient (Wildman–Crippen LogP) is 0.376. The van der Waals surface area contributed by atoms with Crippen molar-refractivity contribution in [2.24, 2.45) is 0 Å². The van der Waals surface area contributed by atoms with Crippen LogP contribution in [0.4, 0.5) is 11.9 Å². The summed E-state index contributed by atoms with van der Waals surface area (Å²) < 4.78 is 5.02. The van der Waals surface area contributed by atoms with Crippen LogP contribution in [-0.4, -0.2) is 53.5 Å². The fourth-order valence-corrected chi connectivity index (χ4v) is 1.42. The van der Waals surface area contributed by atoms with Gasteiger partial charge in [-0.1, -0.05) is 0 Å². The van der Waals surface area contributed by atoms with Gasteiger partial charge in [0.05, 0.1) is 12.6 Å². The first-order valence-corrected chi connectivity index (χ1v) is 5.53. The van der Waals surface area contributed by atoms with Crippen molar-refractivity contribution >= 4 is 23.5 Å². The van der Waals surface area contributed by atoms with Gasteiger partial charge in [-0.25, -0.2) is 0 Å². The Labute approximate surface area is 105 Å². The smallest absolute Gasteiger partial charge is 0.229 e. The summed E-state index contributed by atoms with van der Waals surface area (Å²) in [7, 11) is 3.28. The summed E-state index contributed by atoms with van der Waals surface area (Å²) >= 11 is 5.74. The SMILES string of the molecule is CNc1nc(Cl)nc(NC(CCO)COC)n1. The molecule has 96 valence electrons. The molecule has 0 aliphatic heterocycles. The van der Waals surface area contributed by atoms with Crippen LogP contribution in [0.25, 0.3) is 0 Å². The zero-order chi connectivity index (χ0) is 12.7. The molecule has 0 amide bonds. The van der Waals surface area contributed by atoms with Crippen molar-refractivity contribution < 1.29 is 9.84 Å². The van der Waals surface area contributed by atoms with E-state index in [2.05, 4.69) is 25.6 Å². The molecule has 17 heavy (non-hydrogen) atoms. The molecule has 7 nitrogen and oxygen atoms in total. The third-order valence-corrected chi connectivity index (χ3v) is 2.18. The van der Waals surface area contributed by atoms with Gasteiger partial charge in [0, 0.05) is 20.8 Å². The standard InChI is InChI=1S/C9H16ClN5O2/c1-11-8-13-7(10)14-9(15-8)12-6(3-4-16)5-17-2/h6,16H,3-5H2,1-2H3,(H2,11,12,13,14,15). The molecule has 1 atom stereocenters. The number of halogens is 1. The molecule has 0 aliphatic carbocycles. The van der Waals surface area contributed by atoms with Crippen LogP contribution >= 0.6 is 11.6 Å². The number of methoxy groups -OCH3 is 1. The van der Waals surface area contributed by atoms with Gasteiger partial charge in [0.25, 0.3) is 0 Å². The van der Waals surface area contributed by atoms with Crippen molar-refractivity contribution in [3.8, 4) is 0 Å². The highest BCUT2D eigenvalue weighted by atomic mass is 35.5. The molecule has 1 unspecified atom stereocenters. The predicted molar refractivity (Wildman–Crippen MR) is 65.4 cm³/mol. The van der Waals surface area contributed by atoms with Crippen molar-refractivity contribution in [3.05, 3.63) is 5.28 Å². The lowest BCUT2D eigenvalue weighted by molar-refractivity contribution is 0.170. The Balaban J connectivity index is 2.73. The number of aliphatic hydroxyl groups excluding tert-OH is 1. The molecule has 0 saturated carbocycles. The monoisotopic (exact) mass is 261 g/mol. The Morgan fingerprint density at radius 3 is 2.65 bits per heavy atom. The molecule has 0 fully saturated rings. The van der Waals surface area contributed by atoms with Crippen molar-refractivity contribution in [1.29, 1.82) is 0 Å². The summed E-state index contributed by atoms with van der Waals surface area (Å²) in [6.45, 7) is 0.497. The van der Waals surface area contributed by atoms with Crippen LogP contribution in [-0.2, 0) is 4.74 Å². The number of hydrogen-bond donors (Lipinski definition) is 3. The van der Waals surface area contributed by atoms with E-state index in [0.29, 0.717) is 24.9 Å². The zero-order valence-electron chi connectivity index (χ0n) is 9.77. The minimum absolute atomic E-state index is 0.0543. The second kappa shape index (κ2) is 7.21. The van der Waals surface area contributed by atoms with Gasteiger partial charge in [-0.2, -0.15) is 15.0 Å². The van der Waals surface area contributed by atoms with Crippen LogP contribution in [0.3, 0.4) is 0 Å². The maximum absolute atomic E-state index is 8.91. The second-order valence-electron chi connectivity index (χ2n) is 3.31. The molecule has 0 radical (unpaired) electrons. The molecule has 3 N–H and O–H groups in total. The lowest BCUT2D eigenvalue weighted by Crippen LogP contribution is -2.27. The van der Waals surface area contributed by atoms with Gasteiger partial charge in [-0.3, -0.25) is 0 Å². The highest BCUT2D eigenvalue weighted by Gasteiger charge is 2.11. The Kier molecular flexibility index (Phi) is 5.88. The van der Waals surface area contributed by atoms with Gasteiger partial charge >= 0.3 is 0 Å². The summed E-state index contributed by atoms with van der Waals surface area (Å²) in [6.07, 6.45) is 0.534. The van der Waals surface area contributed by atoms with Crippen LogP contribution in [0.15, 0.2) is 0 Å². The summed E-state index contributed by atoms with van der Waals surface area (Å²) in [5.41, 5.74) is 0. The van der Waals surface area contributed by atoms with Crippen molar-refractivity contribution in [3.63, 3.8) is 0 Å². The maximum atomic E-state index is 8.91. The highest BCUT2D eigenvalue weighted by molar-refractivity contribution is 6.28. The van der Waals surface area contributed by atoms with Crippen LogP contribution in [0.2, 0.25) is 5.28 Å². The molecule has 8 heteroatoms. The summed E-state index contributed by atoms with van der Waals surface area (Å²) in [5, 5.41) is 14.8. The van der Waals surface area contributed by atoms with Gasteiger partial charge in [-0.15, -0.1) is 0 Å².